The Labute approximate surface area is 134 Å². The Balaban J connectivity index is 1.93. The Morgan fingerprint density at radius 2 is 1.80 bits per heavy atom. The summed E-state index contributed by atoms with van der Waals surface area (Å²) >= 11 is 9.50. The number of nitrogens with one attached hydrogen (secondary N) is 1. The molecule has 0 aliphatic rings. The van der Waals surface area contributed by atoms with Crippen molar-refractivity contribution in [2.24, 2.45) is 0 Å². The van der Waals surface area contributed by atoms with E-state index in [9.17, 15) is 0 Å². The highest BCUT2D eigenvalue weighted by atomic mass is 79.9. The van der Waals surface area contributed by atoms with Crippen molar-refractivity contribution in [1.29, 1.82) is 0 Å². The van der Waals surface area contributed by atoms with Gasteiger partial charge in [0.25, 0.3) is 0 Å². The van der Waals surface area contributed by atoms with Gasteiger partial charge in [0, 0.05) is 21.6 Å². The van der Waals surface area contributed by atoms with Gasteiger partial charge in [0.05, 0.1) is 0 Å². The first-order valence-corrected chi connectivity index (χ1v) is 7.97. The molecule has 20 heavy (non-hydrogen) atoms. The van der Waals surface area contributed by atoms with Crippen molar-refractivity contribution < 1.29 is 0 Å². The van der Waals surface area contributed by atoms with Gasteiger partial charge in [-0.1, -0.05) is 51.8 Å². The van der Waals surface area contributed by atoms with Crippen LogP contribution >= 0.6 is 27.5 Å². The van der Waals surface area contributed by atoms with Crippen molar-refractivity contribution in [3.05, 3.63) is 69.2 Å². The van der Waals surface area contributed by atoms with E-state index in [0.717, 1.165) is 15.9 Å². The van der Waals surface area contributed by atoms with Gasteiger partial charge >= 0.3 is 0 Å². The molecule has 2 aromatic rings. The van der Waals surface area contributed by atoms with E-state index in [1.165, 1.54) is 11.1 Å². The van der Waals surface area contributed by atoms with E-state index in [2.05, 4.69) is 65.4 Å². The minimum absolute atomic E-state index is 0.291. The average Bonchev–Trinajstić information content (AvgIpc) is 2.41. The van der Waals surface area contributed by atoms with Crippen LogP contribution in [-0.4, -0.2) is 6.04 Å². The van der Waals surface area contributed by atoms with Crippen LogP contribution < -0.4 is 5.32 Å². The summed E-state index contributed by atoms with van der Waals surface area (Å²) < 4.78 is 1.12. The molecule has 2 atom stereocenters. The van der Waals surface area contributed by atoms with Crippen LogP contribution in [0.1, 0.15) is 31.0 Å². The van der Waals surface area contributed by atoms with Crippen LogP contribution in [0, 0.1) is 0 Å². The molecular weight excluding hydrogens is 334 g/mol. The zero-order valence-electron chi connectivity index (χ0n) is 11.7. The van der Waals surface area contributed by atoms with Crippen molar-refractivity contribution in [2.75, 3.05) is 0 Å². The van der Waals surface area contributed by atoms with Gasteiger partial charge in [-0.3, -0.25) is 0 Å². The third-order valence-corrected chi connectivity index (χ3v) is 4.10. The second-order valence-corrected chi connectivity index (χ2v) is 6.53. The summed E-state index contributed by atoms with van der Waals surface area (Å²) in [7, 11) is 0. The van der Waals surface area contributed by atoms with Crippen LogP contribution in [0.5, 0.6) is 0 Å². The summed E-state index contributed by atoms with van der Waals surface area (Å²) in [4.78, 5) is 0. The zero-order valence-corrected chi connectivity index (χ0v) is 14.1. The molecule has 0 bridgehead atoms. The molecule has 0 saturated carbocycles. The number of hydrogen-bond donors (Lipinski definition) is 1. The molecular formula is C17H19BrClN. The van der Waals surface area contributed by atoms with Crippen LogP contribution in [0.25, 0.3) is 0 Å². The lowest BCUT2D eigenvalue weighted by Crippen LogP contribution is -2.30. The number of hydrogen-bond acceptors (Lipinski definition) is 1. The average molecular weight is 353 g/mol. The largest absolute Gasteiger partial charge is 0.307 e. The van der Waals surface area contributed by atoms with Crippen molar-refractivity contribution >= 4 is 27.5 Å². The normalized spacial score (nSPS) is 14.0. The van der Waals surface area contributed by atoms with E-state index in [1.807, 2.05) is 18.2 Å². The highest BCUT2D eigenvalue weighted by Crippen LogP contribution is 2.18. The minimum Gasteiger partial charge on any atom is -0.307 e. The Morgan fingerprint density at radius 3 is 2.45 bits per heavy atom. The predicted octanol–water partition coefficient (Wildman–Crippen LogP) is 5.38. The van der Waals surface area contributed by atoms with E-state index in [0.29, 0.717) is 12.1 Å². The zero-order chi connectivity index (χ0) is 14.5. The molecule has 3 heteroatoms. The molecule has 1 nitrogen and oxygen atoms in total. The van der Waals surface area contributed by atoms with Crippen LogP contribution in [0.3, 0.4) is 0 Å². The molecule has 0 fully saturated rings. The maximum atomic E-state index is 6.04. The van der Waals surface area contributed by atoms with Crippen molar-refractivity contribution in [3.63, 3.8) is 0 Å². The van der Waals surface area contributed by atoms with Gasteiger partial charge in [0.2, 0.25) is 0 Å². The molecule has 106 valence electrons. The Hall–Kier alpha value is -0.830. The third kappa shape index (κ3) is 4.62. The highest BCUT2D eigenvalue weighted by Gasteiger charge is 2.10. The summed E-state index contributed by atoms with van der Waals surface area (Å²) in [5, 5.41) is 4.40. The SMILES string of the molecule is CC(Cc1ccc(Br)cc1)NC(C)c1cccc(Cl)c1. The smallest absolute Gasteiger partial charge is 0.0409 e. The lowest BCUT2D eigenvalue weighted by Gasteiger charge is -2.20. The molecule has 0 aliphatic carbocycles. The summed E-state index contributed by atoms with van der Waals surface area (Å²) in [5.41, 5.74) is 2.56. The Kier molecular flexibility index (Phi) is 5.64. The monoisotopic (exact) mass is 351 g/mol. The van der Waals surface area contributed by atoms with Gasteiger partial charge in [-0.15, -0.1) is 0 Å². The molecule has 2 rings (SSSR count). The number of benzene rings is 2. The van der Waals surface area contributed by atoms with Gasteiger partial charge in [0.15, 0.2) is 0 Å². The van der Waals surface area contributed by atoms with Crippen LogP contribution in [0.2, 0.25) is 5.02 Å². The molecule has 2 unspecified atom stereocenters. The molecule has 0 radical (unpaired) electrons. The summed E-state index contributed by atoms with van der Waals surface area (Å²) in [6.45, 7) is 4.38. The molecule has 1 N–H and O–H groups in total. The highest BCUT2D eigenvalue weighted by molar-refractivity contribution is 9.10. The number of halogens is 2. The second kappa shape index (κ2) is 7.26. The first-order valence-electron chi connectivity index (χ1n) is 6.80. The van der Waals surface area contributed by atoms with E-state index in [4.69, 9.17) is 11.6 Å². The molecule has 0 aliphatic heterocycles. The van der Waals surface area contributed by atoms with Crippen molar-refractivity contribution in [3.8, 4) is 0 Å². The van der Waals surface area contributed by atoms with Crippen LogP contribution in [0.15, 0.2) is 53.0 Å². The summed E-state index contributed by atoms with van der Waals surface area (Å²) in [6, 6.07) is 17.2. The summed E-state index contributed by atoms with van der Waals surface area (Å²) in [5.74, 6) is 0. The lowest BCUT2D eigenvalue weighted by molar-refractivity contribution is 0.477. The standard InChI is InChI=1S/C17H19BrClN/c1-12(10-14-6-8-16(18)9-7-14)20-13(2)15-4-3-5-17(19)11-15/h3-9,11-13,20H,10H2,1-2H3. The van der Waals surface area contributed by atoms with Crippen molar-refractivity contribution in [2.45, 2.75) is 32.4 Å². The fourth-order valence-electron chi connectivity index (χ4n) is 2.33. The Bertz CT molecular complexity index is 553. The van der Waals surface area contributed by atoms with E-state index >= 15 is 0 Å². The summed E-state index contributed by atoms with van der Waals surface area (Å²) in [6.07, 6.45) is 1.01. The molecule has 0 spiro atoms. The molecule has 2 aromatic carbocycles. The van der Waals surface area contributed by atoms with E-state index in [1.54, 1.807) is 0 Å². The minimum atomic E-state index is 0.291. The van der Waals surface area contributed by atoms with Crippen LogP contribution in [-0.2, 0) is 6.42 Å². The first-order chi connectivity index (χ1) is 9.54. The quantitative estimate of drug-likeness (QED) is 0.761. The van der Waals surface area contributed by atoms with Gasteiger partial charge in [-0.05, 0) is 55.7 Å². The van der Waals surface area contributed by atoms with Crippen molar-refractivity contribution in [1.82, 2.24) is 5.32 Å². The molecule has 0 heterocycles. The maximum Gasteiger partial charge on any atom is 0.0409 e. The topological polar surface area (TPSA) is 12.0 Å². The Morgan fingerprint density at radius 1 is 1.10 bits per heavy atom. The maximum absolute atomic E-state index is 6.04. The number of rotatable bonds is 5. The van der Waals surface area contributed by atoms with Gasteiger partial charge in [-0.2, -0.15) is 0 Å². The fraction of sp³-hybridized carbons (Fsp3) is 0.294. The second-order valence-electron chi connectivity index (χ2n) is 5.17. The fourth-order valence-corrected chi connectivity index (χ4v) is 2.79. The third-order valence-electron chi connectivity index (χ3n) is 3.34. The van der Waals surface area contributed by atoms with Crippen LogP contribution in [0.4, 0.5) is 0 Å². The van der Waals surface area contributed by atoms with E-state index in [-0.39, 0.29) is 0 Å². The predicted molar refractivity (Wildman–Crippen MR) is 90.3 cm³/mol. The van der Waals surface area contributed by atoms with Gasteiger partial charge < -0.3 is 5.32 Å². The molecule has 0 amide bonds. The van der Waals surface area contributed by atoms with E-state index < -0.39 is 0 Å². The molecule has 0 aromatic heterocycles. The van der Waals surface area contributed by atoms with Gasteiger partial charge in [-0.25, -0.2) is 0 Å². The first kappa shape index (κ1) is 15.6. The molecule has 0 saturated heterocycles. The van der Waals surface area contributed by atoms with Gasteiger partial charge in [0.1, 0.15) is 0 Å². The lowest BCUT2D eigenvalue weighted by atomic mass is 10.0.